The fraction of sp³-hybridized carbons (Fsp3) is 0.500. The van der Waals surface area contributed by atoms with Gasteiger partial charge in [0.05, 0.1) is 13.2 Å². The Morgan fingerprint density at radius 3 is 2.48 bits per heavy atom. The van der Waals surface area contributed by atoms with Gasteiger partial charge in [0.2, 0.25) is 5.89 Å². The van der Waals surface area contributed by atoms with Gasteiger partial charge in [0.15, 0.2) is 5.82 Å². The molecule has 0 spiro atoms. The lowest BCUT2D eigenvalue weighted by Crippen LogP contribution is -2.18. The Hall–Kier alpha value is -1.88. The molecule has 114 valence electrons. The maximum Gasteiger partial charge on any atom is 0.240 e. The first-order valence-electron chi connectivity index (χ1n) is 7.30. The van der Waals surface area contributed by atoms with E-state index in [1.807, 2.05) is 19.1 Å². The maximum absolute atomic E-state index is 5.68. The van der Waals surface area contributed by atoms with Crippen molar-refractivity contribution in [3.63, 3.8) is 0 Å². The van der Waals surface area contributed by atoms with Crippen LogP contribution in [-0.4, -0.2) is 16.7 Å². The van der Waals surface area contributed by atoms with Gasteiger partial charge in [0.1, 0.15) is 5.75 Å². The van der Waals surface area contributed by atoms with Crippen molar-refractivity contribution in [1.29, 1.82) is 0 Å². The van der Waals surface area contributed by atoms with Gasteiger partial charge in [-0.05, 0) is 37.5 Å². The summed E-state index contributed by atoms with van der Waals surface area (Å²) in [5, 5.41) is 7.13. The molecule has 1 aromatic carbocycles. The molecule has 0 amide bonds. The number of hydrogen-bond acceptors (Lipinski definition) is 5. The van der Waals surface area contributed by atoms with E-state index in [4.69, 9.17) is 9.26 Å². The third-order valence-corrected chi connectivity index (χ3v) is 3.09. The highest BCUT2D eigenvalue weighted by molar-refractivity contribution is 5.28. The lowest BCUT2D eigenvalue weighted by atomic mass is 10.1. The summed E-state index contributed by atoms with van der Waals surface area (Å²) in [6.45, 7) is 9.50. The van der Waals surface area contributed by atoms with Crippen LogP contribution in [0.3, 0.4) is 0 Å². The summed E-state index contributed by atoms with van der Waals surface area (Å²) in [7, 11) is 0. The molecule has 0 aliphatic carbocycles. The van der Waals surface area contributed by atoms with Gasteiger partial charge in [0, 0.05) is 6.04 Å². The van der Waals surface area contributed by atoms with E-state index in [0.717, 1.165) is 12.4 Å². The van der Waals surface area contributed by atoms with Gasteiger partial charge in [-0.15, -0.1) is 0 Å². The van der Waals surface area contributed by atoms with Gasteiger partial charge >= 0.3 is 0 Å². The van der Waals surface area contributed by atoms with E-state index in [1.165, 1.54) is 5.56 Å². The number of ether oxygens (including phenoxy) is 1. The Bertz CT molecular complexity index is 549. The second-order valence-corrected chi connectivity index (χ2v) is 5.61. The number of rotatable bonds is 7. The average molecular weight is 289 g/mol. The molecule has 5 nitrogen and oxygen atoms in total. The van der Waals surface area contributed by atoms with Gasteiger partial charge in [-0.1, -0.05) is 31.1 Å². The highest BCUT2D eigenvalue weighted by Gasteiger charge is 2.08. The van der Waals surface area contributed by atoms with E-state index in [9.17, 15) is 0 Å². The van der Waals surface area contributed by atoms with Crippen LogP contribution in [-0.2, 0) is 6.54 Å². The van der Waals surface area contributed by atoms with Crippen LogP contribution >= 0.6 is 0 Å². The summed E-state index contributed by atoms with van der Waals surface area (Å²) < 4.78 is 10.8. The average Bonchev–Trinajstić information content (AvgIpc) is 2.89. The van der Waals surface area contributed by atoms with Gasteiger partial charge < -0.3 is 14.6 Å². The standard InChI is InChI=1S/C16H23N3O2/c1-11(2)10-20-15-7-5-14(6-8-15)12(3)17-9-16-18-13(4)19-21-16/h5-8,11-12,17H,9-10H2,1-4H3. The first-order valence-corrected chi connectivity index (χ1v) is 7.30. The van der Waals surface area contributed by atoms with Crippen LogP contribution in [0.5, 0.6) is 5.75 Å². The van der Waals surface area contributed by atoms with Crippen molar-refractivity contribution in [1.82, 2.24) is 15.5 Å². The SMILES string of the molecule is Cc1noc(CNC(C)c2ccc(OCC(C)C)cc2)n1. The van der Waals surface area contributed by atoms with Gasteiger partial charge in [0.25, 0.3) is 0 Å². The van der Waals surface area contributed by atoms with Crippen LogP contribution in [0.25, 0.3) is 0 Å². The highest BCUT2D eigenvalue weighted by atomic mass is 16.5. The molecule has 1 atom stereocenters. The molecule has 1 unspecified atom stereocenters. The zero-order valence-corrected chi connectivity index (χ0v) is 13.1. The van der Waals surface area contributed by atoms with Crippen molar-refractivity contribution >= 4 is 0 Å². The normalized spacial score (nSPS) is 12.6. The number of hydrogen-bond donors (Lipinski definition) is 1. The summed E-state index contributed by atoms with van der Waals surface area (Å²) in [5.74, 6) is 2.71. The van der Waals surface area contributed by atoms with Gasteiger partial charge in [-0.2, -0.15) is 4.98 Å². The van der Waals surface area contributed by atoms with Crippen molar-refractivity contribution in [2.75, 3.05) is 6.61 Å². The molecule has 21 heavy (non-hydrogen) atoms. The Morgan fingerprint density at radius 1 is 1.19 bits per heavy atom. The fourth-order valence-electron chi connectivity index (χ4n) is 1.89. The number of nitrogens with one attached hydrogen (secondary N) is 1. The van der Waals surface area contributed by atoms with E-state index < -0.39 is 0 Å². The Morgan fingerprint density at radius 2 is 1.90 bits per heavy atom. The highest BCUT2D eigenvalue weighted by Crippen LogP contribution is 2.18. The minimum atomic E-state index is 0.205. The zero-order valence-electron chi connectivity index (χ0n) is 13.1. The van der Waals surface area contributed by atoms with Crippen molar-refractivity contribution in [2.24, 2.45) is 5.92 Å². The molecule has 5 heteroatoms. The maximum atomic E-state index is 5.68. The Balaban J connectivity index is 1.85. The lowest BCUT2D eigenvalue weighted by molar-refractivity contribution is 0.271. The van der Waals surface area contributed by atoms with Crippen molar-refractivity contribution in [3.8, 4) is 5.75 Å². The predicted octanol–water partition coefficient (Wildman–Crippen LogP) is 3.26. The molecule has 0 saturated carbocycles. The molecule has 0 bridgehead atoms. The Kier molecular flexibility index (Phi) is 5.33. The van der Waals surface area contributed by atoms with Crippen LogP contribution in [0.4, 0.5) is 0 Å². The molecule has 1 heterocycles. The monoisotopic (exact) mass is 289 g/mol. The second kappa shape index (κ2) is 7.22. The number of nitrogens with zero attached hydrogens (tertiary/aromatic N) is 2. The first kappa shape index (κ1) is 15.5. The first-order chi connectivity index (χ1) is 10.0. The molecule has 0 aliphatic rings. The predicted molar refractivity (Wildman–Crippen MR) is 81.1 cm³/mol. The topological polar surface area (TPSA) is 60.2 Å². The molecule has 2 aromatic rings. The zero-order chi connectivity index (χ0) is 15.2. The lowest BCUT2D eigenvalue weighted by Gasteiger charge is -2.14. The fourth-order valence-corrected chi connectivity index (χ4v) is 1.89. The molecule has 2 rings (SSSR count). The number of aromatic nitrogens is 2. The molecule has 1 aromatic heterocycles. The van der Waals surface area contributed by atoms with Crippen molar-refractivity contribution < 1.29 is 9.26 Å². The van der Waals surface area contributed by atoms with E-state index in [-0.39, 0.29) is 6.04 Å². The smallest absolute Gasteiger partial charge is 0.240 e. The van der Waals surface area contributed by atoms with Gasteiger partial charge in [-0.3, -0.25) is 0 Å². The third-order valence-electron chi connectivity index (χ3n) is 3.09. The van der Waals surface area contributed by atoms with E-state index in [0.29, 0.717) is 24.2 Å². The second-order valence-electron chi connectivity index (χ2n) is 5.61. The van der Waals surface area contributed by atoms with Crippen LogP contribution in [0, 0.1) is 12.8 Å². The minimum absolute atomic E-state index is 0.205. The minimum Gasteiger partial charge on any atom is -0.493 e. The number of benzene rings is 1. The molecular weight excluding hydrogens is 266 g/mol. The summed E-state index contributed by atoms with van der Waals surface area (Å²) in [5.41, 5.74) is 1.20. The molecule has 0 aliphatic heterocycles. The van der Waals surface area contributed by atoms with Crippen LogP contribution in [0.1, 0.15) is 44.1 Å². The number of aryl methyl sites for hydroxylation is 1. The van der Waals surface area contributed by atoms with E-state index >= 15 is 0 Å². The summed E-state index contributed by atoms with van der Waals surface area (Å²) in [4.78, 5) is 4.17. The molecular formula is C16H23N3O2. The van der Waals surface area contributed by atoms with Crippen LogP contribution in [0.15, 0.2) is 28.8 Å². The molecule has 0 saturated heterocycles. The Labute approximate surface area is 125 Å². The summed E-state index contributed by atoms with van der Waals surface area (Å²) >= 11 is 0. The van der Waals surface area contributed by atoms with Gasteiger partial charge in [-0.25, -0.2) is 0 Å². The van der Waals surface area contributed by atoms with Crippen LogP contribution in [0.2, 0.25) is 0 Å². The summed E-state index contributed by atoms with van der Waals surface area (Å²) in [6.07, 6.45) is 0. The van der Waals surface area contributed by atoms with E-state index in [1.54, 1.807) is 0 Å². The van der Waals surface area contributed by atoms with E-state index in [2.05, 4.69) is 48.4 Å². The summed E-state index contributed by atoms with van der Waals surface area (Å²) in [6, 6.07) is 8.37. The molecule has 0 radical (unpaired) electrons. The van der Waals surface area contributed by atoms with Crippen molar-refractivity contribution in [2.45, 2.75) is 40.3 Å². The van der Waals surface area contributed by atoms with Crippen LogP contribution < -0.4 is 10.1 Å². The molecule has 1 N–H and O–H groups in total. The largest absolute Gasteiger partial charge is 0.493 e. The molecule has 0 fully saturated rings. The quantitative estimate of drug-likeness (QED) is 0.847. The third kappa shape index (κ3) is 4.86. The van der Waals surface area contributed by atoms with Crippen molar-refractivity contribution in [3.05, 3.63) is 41.5 Å².